The van der Waals surface area contributed by atoms with Crippen molar-refractivity contribution in [3.8, 4) is 0 Å². The summed E-state index contributed by atoms with van der Waals surface area (Å²) in [6.45, 7) is 8.48. The van der Waals surface area contributed by atoms with Gasteiger partial charge in [0, 0.05) is 38.9 Å². The standard InChI is InChI=1S/C9H20NO.Pa/c1-8(2,7-11)6-9(3,4)10-5;/h10-11H,5-7H2,1-4H3;/q-1;. The normalized spacial score (nSPS) is 12.5. The summed E-state index contributed by atoms with van der Waals surface area (Å²) in [5, 5.41) is 12.0. The van der Waals surface area contributed by atoms with Gasteiger partial charge in [0.15, 0.2) is 0 Å². The molecule has 0 spiro atoms. The molecule has 0 fully saturated rings. The van der Waals surface area contributed by atoms with Crippen molar-refractivity contribution in [3.63, 3.8) is 0 Å². The molecule has 0 aliphatic carbocycles. The molecule has 12 heavy (non-hydrogen) atoms. The summed E-state index contributed by atoms with van der Waals surface area (Å²) in [6.07, 6.45) is 0.917. The molecule has 0 rings (SSSR count). The van der Waals surface area contributed by atoms with E-state index < -0.39 is 0 Å². The second-order valence-electron chi connectivity index (χ2n) is 4.56. The van der Waals surface area contributed by atoms with Gasteiger partial charge in [-0.3, -0.25) is 7.05 Å². The molecule has 0 saturated carbocycles. The van der Waals surface area contributed by atoms with Crippen molar-refractivity contribution in [2.24, 2.45) is 5.41 Å². The van der Waals surface area contributed by atoms with Gasteiger partial charge in [0.1, 0.15) is 0 Å². The summed E-state index contributed by atoms with van der Waals surface area (Å²) >= 11 is 0. The summed E-state index contributed by atoms with van der Waals surface area (Å²) < 4.78 is 0. The average molecular weight is 389 g/mol. The van der Waals surface area contributed by atoms with Gasteiger partial charge in [-0.15, -0.1) is 0 Å². The van der Waals surface area contributed by atoms with Crippen molar-refractivity contribution in [1.29, 1.82) is 0 Å². The van der Waals surface area contributed by atoms with Gasteiger partial charge in [-0.1, -0.05) is 13.8 Å². The number of aliphatic hydroxyl groups is 1. The molecule has 0 heterocycles. The fraction of sp³-hybridized carbons (Fsp3) is 0.889. The van der Waals surface area contributed by atoms with Gasteiger partial charge in [-0.2, -0.15) is 0 Å². The molecule has 0 aromatic heterocycles. The van der Waals surface area contributed by atoms with Crippen LogP contribution < -0.4 is 5.32 Å². The first-order chi connectivity index (χ1) is 4.83. The molecule has 0 aromatic carbocycles. The zero-order valence-electron chi connectivity index (χ0n) is 8.65. The SMILES string of the molecule is [CH2-]NC(C)(C)CC(C)(C)CO.[Pa]. The topological polar surface area (TPSA) is 32.3 Å². The molecule has 0 aliphatic rings. The van der Waals surface area contributed by atoms with Crippen LogP contribution in [-0.4, -0.2) is 17.3 Å². The van der Waals surface area contributed by atoms with E-state index in [4.69, 9.17) is 5.11 Å². The quantitative estimate of drug-likeness (QED) is 0.716. The largest absolute Gasteiger partial charge is 0.468 e. The van der Waals surface area contributed by atoms with Crippen LogP contribution in [0.3, 0.4) is 0 Å². The van der Waals surface area contributed by atoms with Crippen LogP contribution in [0.5, 0.6) is 0 Å². The van der Waals surface area contributed by atoms with E-state index in [-0.39, 0.29) is 49.9 Å². The molecule has 3 heteroatoms. The van der Waals surface area contributed by atoms with Crippen molar-refractivity contribution >= 4 is 0 Å². The molecule has 2 N–H and O–H groups in total. The average Bonchev–Trinajstić information content (AvgIpc) is 1.86. The van der Waals surface area contributed by atoms with Crippen molar-refractivity contribution in [2.75, 3.05) is 6.61 Å². The zero-order chi connectivity index (χ0) is 9.12. The van der Waals surface area contributed by atoms with Gasteiger partial charge >= 0.3 is 0 Å². The summed E-state index contributed by atoms with van der Waals surface area (Å²) in [6, 6.07) is 0. The minimum absolute atomic E-state index is 0. The van der Waals surface area contributed by atoms with Gasteiger partial charge in [0.2, 0.25) is 0 Å². The molecule has 2 nitrogen and oxygen atoms in total. The van der Waals surface area contributed by atoms with Crippen LogP contribution in [-0.2, 0) is 0 Å². The minimum Gasteiger partial charge on any atom is -0.468 e. The number of hydrogen-bond acceptors (Lipinski definition) is 2. The van der Waals surface area contributed by atoms with Crippen molar-refractivity contribution < 1.29 is 37.4 Å². The van der Waals surface area contributed by atoms with Gasteiger partial charge in [-0.25, -0.2) is 0 Å². The molecule has 0 amide bonds. The Morgan fingerprint density at radius 3 is 1.92 bits per heavy atom. The van der Waals surface area contributed by atoms with Gasteiger partial charge in [0.05, 0.1) is 0 Å². The Labute approximate surface area is 101 Å². The Morgan fingerprint density at radius 2 is 1.67 bits per heavy atom. The molecule has 71 valence electrons. The minimum atomic E-state index is -0.0197. The van der Waals surface area contributed by atoms with Crippen LogP contribution in [0.2, 0.25) is 0 Å². The molecule has 0 aromatic rings. The summed E-state index contributed by atoms with van der Waals surface area (Å²) in [5.74, 6) is 0. The number of aliphatic hydroxyl groups excluding tert-OH is 1. The number of hydrogen-bond donors (Lipinski definition) is 2. The summed E-state index contributed by atoms with van der Waals surface area (Å²) in [5.41, 5.74) is -0.0135. The smallest absolute Gasteiger partial charge is 0.0482 e. The fourth-order valence-corrected chi connectivity index (χ4v) is 1.31. The third-order valence-corrected chi connectivity index (χ3v) is 1.83. The monoisotopic (exact) mass is 389 g/mol. The van der Waals surface area contributed by atoms with E-state index in [1.54, 1.807) is 0 Å². The second-order valence-corrected chi connectivity index (χ2v) is 4.56. The van der Waals surface area contributed by atoms with Crippen molar-refractivity contribution in [3.05, 3.63) is 7.05 Å². The maximum atomic E-state index is 9.00. The van der Waals surface area contributed by atoms with Gasteiger partial charge in [-0.05, 0) is 31.2 Å². The first-order valence-corrected chi connectivity index (χ1v) is 3.98. The summed E-state index contributed by atoms with van der Waals surface area (Å²) in [4.78, 5) is 0. The first-order valence-electron chi connectivity index (χ1n) is 3.98. The maximum Gasteiger partial charge on any atom is 0.0482 e. The molecule has 0 aliphatic heterocycles. The van der Waals surface area contributed by atoms with Gasteiger partial charge < -0.3 is 10.4 Å². The molecule has 0 saturated heterocycles. The third kappa shape index (κ3) is 6.52. The number of rotatable bonds is 4. The van der Waals surface area contributed by atoms with Crippen LogP contribution in [0.15, 0.2) is 0 Å². The molecule has 0 atom stereocenters. The van der Waals surface area contributed by atoms with Crippen molar-refractivity contribution in [2.45, 2.75) is 39.7 Å². The third-order valence-electron chi connectivity index (χ3n) is 1.83. The van der Waals surface area contributed by atoms with Gasteiger partial charge in [0.25, 0.3) is 0 Å². The van der Waals surface area contributed by atoms with Crippen LogP contribution in [0.4, 0.5) is 0 Å². The predicted octanol–water partition coefficient (Wildman–Crippen LogP) is 1.55. The van der Waals surface area contributed by atoms with Crippen LogP contribution in [0, 0.1) is 44.8 Å². The van der Waals surface area contributed by atoms with E-state index in [2.05, 4.69) is 26.2 Å². The Hall–Kier alpha value is 1.01. The van der Waals surface area contributed by atoms with E-state index in [0.29, 0.717) is 0 Å². The van der Waals surface area contributed by atoms with Crippen LogP contribution in [0.25, 0.3) is 0 Å². The van der Waals surface area contributed by atoms with Crippen LogP contribution >= 0.6 is 0 Å². The van der Waals surface area contributed by atoms with E-state index in [1.165, 1.54) is 0 Å². The van der Waals surface area contributed by atoms with E-state index in [9.17, 15) is 0 Å². The first kappa shape index (κ1) is 15.5. The molecular formula is C9H20NOPa-. The Balaban J connectivity index is 0. The Kier molecular flexibility index (Phi) is 7.33. The number of nitrogens with one attached hydrogen (secondary N) is 1. The fourth-order valence-electron chi connectivity index (χ4n) is 1.31. The predicted molar refractivity (Wildman–Crippen MR) is 48.1 cm³/mol. The Bertz CT molecular complexity index is 110. The van der Waals surface area contributed by atoms with E-state index in [1.807, 2.05) is 13.8 Å². The van der Waals surface area contributed by atoms with Crippen molar-refractivity contribution in [1.82, 2.24) is 5.32 Å². The summed E-state index contributed by atoms with van der Waals surface area (Å²) in [7, 11) is 3.64. The van der Waals surface area contributed by atoms with E-state index >= 15 is 0 Å². The van der Waals surface area contributed by atoms with Crippen LogP contribution in [0.1, 0.15) is 34.1 Å². The molecule has 1 radical (unpaired) electrons. The molecule has 0 unspecified atom stereocenters. The second kappa shape index (κ2) is 5.68. The maximum absolute atomic E-state index is 9.00. The van der Waals surface area contributed by atoms with E-state index in [0.717, 1.165) is 6.42 Å². The Morgan fingerprint density at radius 1 is 1.25 bits per heavy atom. The molecule has 0 bridgehead atoms. The molecular weight excluding hydrogens is 369 g/mol. The zero-order valence-corrected chi connectivity index (χ0v) is 13.5.